The van der Waals surface area contributed by atoms with Gasteiger partial charge in [-0.05, 0) is 49.2 Å². The molecule has 1 saturated heterocycles. The van der Waals surface area contributed by atoms with Gasteiger partial charge in [0.2, 0.25) is 5.91 Å². The van der Waals surface area contributed by atoms with Gasteiger partial charge in [0, 0.05) is 24.7 Å². The molecule has 0 radical (unpaired) electrons. The van der Waals surface area contributed by atoms with Crippen molar-refractivity contribution in [3.8, 4) is 11.5 Å². The normalized spacial score (nSPS) is 16.2. The number of hydrogen-bond acceptors (Lipinski definition) is 4. The molecule has 26 heavy (non-hydrogen) atoms. The number of hydrogen-bond donors (Lipinski definition) is 2. The first-order valence-corrected chi connectivity index (χ1v) is 9.84. The second-order valence-electron chi connectivity index (χ2n) is 6.15. The quantitative estimate of drug-likeness (QED) is 0.837. The van der Waals surface area contributed by atoms with Gasteiger partial charge in [-0.2, -0.15) is 12.7 Å². The standard InChI is InChI=1S/C18H21N3O4S/c19-26(23,24)21-12-10-14(11-13-21)18(22)20-15-6-8-17(9-7-15)25-16-4-2-1-3-5-16/h1-9,14H,10-13H2,(H,20,22)(H2,19,23,24). The van der Waals surface area contributed by atoms with Crippen LogP contribution in [0.4, 0.5) is 5.69 Å². The largest absolute Gasteiger partial charge is 0.457 e. The Morgan fingerprint density at radius 2 is 1.58 bits per heavy atom. The number of nitrogens with one attached hydrogen (secondary N) is 1. The van der Waals surface area contributed by atoms with Gasteiger partial charge in [-0.3, -0.25) is 4.79 Å². The van der Waals surface area contributed by atoms with E-state index in [9.17, 15) is 13.2 Å². The highest BCUT2D eigenvalue weighted by Gasteiger charge is 2.29. The van der Waals surface area contributed by atoms with Crippen LogP contribution in [0.3, 0.4) is 0 Å². The van der Waals surface area contributed by atoms with E-state index in [1.165, 1.54) is 4.31 Å². The minimum atomic E-state index is -3.68. The maximum atomic E-state index is 12.4. The van der Waals surface area contributed by atoms with Crippen LogP contribution in [0.5, 0.6) is 11.5 Å². The first-order valence-electron chi connectivity index (χ1n) is 8.33. The molecule has 1 amide bonds. The summed E-state index contributed by atoms with van der Waals surface area (Å²) in [6, 6.07) is 16.5. The monoisotopic (exact) mass is 375 g/mol. The maximum Gasteiger partial charge on any atom is 0.276 e. The van der Waals surface area contributed by atoms with E-state index >= 15 is 0 Å². The highest BCUT2D eigenvalue weighted by Crippen LogP contribution is 2.24. The molecule has 2 aromatic carbocycles. The van der Waals surface area contributed by atoms with Crippen LogP contribution in [0.25, 0.3) is 0 Å². The van der Waals surface area contributed by atoms with E-state index in [0.29, 0.717) is 24.3 Å². The maximum absolute atomic E-state index is 12.4. The molecular formula is C18H21N3O4S. The minimum absolute atomic E-state index is 0.115. The van der Waals surface area contributed by atoms with Crippen molar-refractivity contribution in [3.05, 3.63) is 54.6 Å². The zero-order chi connectivity index (χ0) is 18.6. The number of ether oxygens (including phenoxy) is 1. The molecule has 3 rings (SSSR count). The first-order chi connectivity index (χ1) is 12.4. The SMILES string of the molecule is NS(=O)(=O)N1CCC(C(=O)Nc2ccc(Oc3ccccc3)cc2)CC1. The van der Waals surface area contributed by atoms with Crippen molar-refractivity contribution in [2.45, 2.75) is 12.8 Å². The molecule has 1 aliphatic rings. The van der Waals surface area contributed by atoms with Crippen molar-refractivity contribution in [1.82, 2.24) is 4.31 Å². The summed E-state index contributed by atoms with van der Waals surface area (Å²) in [4.78, 5) is 12.4. The summed E-state index contributed by atoms with van der Waals surface area (Å²) >= 11 is 0. The summed E-state index contributed by atoms with van der Waals surface area (Å²) in [5.74, 6) is 1.07. The van der Waals surface area contributed by atoms with Gasteiger partial charge in [0.15, 0.2) is 0 Å². The Hall–Kier alpha value is -2.42. The number of nitrogens with two attached hydrogens (primary N) is 1. The average Bonchev–Trinajstić information content (AvgIpc) is 2.63. The number of anilines is 1. The average molecular weight is 375 g/mol. The van der Waals surface area contributed by atoms with E-state index < -0.39 is 10.2 Å². The van der Waals surface area contributed by atoms with Crippen LogP contribution in [0.1, 0.15) is 12.8 Å². The number of nitrogens with zero attached hydrogens (tertiary/aromatic N) is 1. The molecule has 0 aliphatic carbocycles. The highest BCUT2D eigenvalue weighted by molar-refractivity contribution is 7.86. The number of carbonyl (C=O) groups excluding carboxylic acids is 1. The summed E-state index contributed by atoms with van der Waals surface area (Å²) in [6.45, 7) is 0.529. The molecule has 0 saturated carbocycles. The summed E-state index contributed by atoms with van der Waals surface area (Å²) in [6.07, 6.45) is 0.912. The lowest BCUT2D eigenvalue weighted by Crippen LogP contribution is -2.44. The molecule has 7 nitrogen and oxygen atoms in total. The summed E-state index contributed by atoms with van der Waals surface area (Å²) in [7, 11) is -3.68. The predicted molar refractivity (Wildman–Crippen MR) is 99.0 cm³/mol. The lowest BCUT2D eigenvalue weighted by Gasteiger charge is -2.29. The Morgan fingerprint density at radius 1 is 1.00 bits per heavy atom. The molecule has 0 bridgehead atoms. The molecule has 138 valence electrons. The highest BCUT2D eigenvalue weighted by atomic mass is 32.2. The van der Waals surface area contributed by atoms with E-state index in [1.807, 2.05) is 30.3 Å². The molecule has 0 atom stereocenters. The molecule has 0 aromatic heterocycles. The zero-order valence-electron chi connectivity index (χ0n) is 14.2. The molecule has 8 heteroatoms. The van der Waals surface area contributed by atoms with Gasteiger partial charge in [-0.15, -0.1) is 0 Å². The number of piperidine rings is 1. The van der Waals surface area contributed by atoms with E-state index in [0.717, 1.165) is 5.75 Å². The number of benzene rings is 2. The van der Waals surface area contributed by atoms with Crippen molar-refractivity contribution in [1.29, 1.82) is 0 Å². The topological polar surface area (TPSA) is 102 Å². The molecule has 1 aliphatic heterocycles. The van der Waals surface area contributed by atoms with Gasteiger partial charge < -0.3 is 10.1 Å². The molecule has 1 fully saturated rings. The molecule has 3 N–H and O–H groups in total. The number of carbonyl (C=O) groups is 1. The third-order valence-electron chi connectivity index (χ3n) is 4.29. The van der Waals surface area contributed by atoms with Crippen molar-refractivity contribution < 1.29 is 17.9 Å². The van der Waals surface area contributed by atoms with Crippen LogP contribution in [0.2, 0.25) is 0 Å². The molecular weight excluding hydrogens is 354 g/mol. The lowest BCUT2D eigenvalue weighted by molar-refractivity contribution is -0.120. The van der Waals surface area contributed by atoms with E-state index in [1.54, 1.807) is 24.3 Å². The van der Waals surface area contributed by atoms with Gasteiger partial charge in [-0.25, -0.2) is 5.14 Å². The van der Waals surface area contributed by atoms with Gasteiger partial charge in [0.25, 0.3) is 10.2 Å². The Balaban J connectivity index is 1.53. The second kappa shape index (κ2) is 7.86. The van der Waals surface area contributed by atoms with E-state index in [2.05, 4.69) is 5.32 Å². The molecule has 2 aromatic rings. The fraction of sp³-hybridized carbons (Fsp3) is 0.278. The van der Waals surface area contributed by atoms with Gasteiger partial charge >= 0.3 is 0 Å². The van der Waals surface area contributed by atoms with Crippen molar-refractivity contribution >= 4 is 21.8 Å². The van der Waals surface area contributed by atoms with E-state index in [-0.39, 0.29) is 24.9 Å². The minimum Gasteiger partial charge on any atom is -0.457 e. The molecule has 0 unspecified atom stereocenters. The van der Waals surface area contributed by atoms with Gasteiger partial charge in [0.1, 0.15) is 11.5 Å². The zero-order valence-corrected chi connectivity index (χ0v) is 15.0. The van der Waals surface area contributed by atoms with Crippen molar-refractivity contribution in [2.75, 3.05) is 18.4 Å². The van der Waals surface area contributed by atoms with Crippen LogP contribution in [-0.4, -0.2) is 31.7 Å². The van der Waals surface area contributed by atoms with Crippen LogP contribution in [-0.2, 0) is 15.0 Å². The van der Waals surface area contributed by atoms with Crippen LogP contribution in [0.15, 0.2) is 54.6 Å². The lowest BCUT2D eigenvalue weighted by atomic mass is 9.97. The third-order valence-corrected chi connectivity index (χ3v) is 5.37. The Morgan fingerprint density at radius 3 is 2.15 bits per heavy atom. The second-order valence-corrected chi connectivity index (χ2v) is 7.69. The summed E-state index contributed by atoms with van der Waals surface area (Å²) in [5, 5.41) is 7.97. The van der Waals surface area contributed by atoms with Gasteiger partial charge in [0.05, 0.1) is 0 Å². The first kappa shape index (κ1) is 18.4. The fourth-order valence-electron chi connectivity index (χ4n) is 2.85. The molecule has 1 heterocycles. The van der Waals surface area contributed by atoms with Crippen LogP contribution >= 0.6 is 0 Å². The van der Waals surface area contributed by atoms with Crippen molar-refractivity contribution in [2.24, 2.45) is 11.1 Å². The number of amides is 1. The Labute approximate surface area is 152 Å². The summed E-state index contributed by atoms with van der Waals surface area (Å²) < 4.78 is 29.5. The smallest absolute Gasteiger partial charge is 0.276 e. The van der Waals surface area contributed by atoms with E-state index in [4.69, 9.17) is 9.88 Å². The Kier molecular flexibility index (Phi) is 5.55. The fourth-order valence-corrected chi connectivity index (χ4v) is 3.57. The predicted octanol–water partition coefficient (Wildman–Crippen LogP) is 2.33. The Bertz CT molecular complexity index is 846. The van der Waals surface area contributed by atoms with Gasteiger partial charge in [-0.1, -0.05) is 18.2 Å². The summed E-state index contributed by atoms with van der Waals surface area (Å²) in [5.41, 5.74) is 0.671. The molecule has 0 spiro atoms. The number of para-hydroxylation sites is 1. The van der Waals surface area contributed by atoms with Crippen LogP contribution < -0.4 is 15.2 Å². The van der Waals surface area contributed by atoms with Crippen molar-refractivity contribution in [3.63, 3.8) is 0 Å². The number of rotatable bonds is 5. The third kappa shape index (κ3) is 4.81. The van der Waals surface area contributed by atoms with Crippen LogP contribution in [0, 0.1) is 5.92 Å².